The molecular formula is C13H24N2O2. The van der Waals surface area contributed by atoms with Crippen LogP contribution in [-0.4, -0.2) is 48.2 Å². The van der Waals surface area contributed by atoms with E-state index in [-0.39, 0.29) is 17.9 Å². The molecule has 4 heteroatoms. The summed E-state index contributed by atoms with van der Waals surface area (Å²) in [6, 6.07) is 0.271. The topological polar surface area (TPSA) is 52.6 Å². The number of carboxylic acids is 1. The molecule has 1 rings (SSSR count). The van der Waals surface area contributed by atoms with Gasteiger partial charge in [-0.3, -0.25) is 9.69 Å². The van der Waals surface area contributed by atoms with Crippen molar-refractivity contribution in [1.29, 1.82) is 0 Å². The van der Waals surface area contributed by atoms with E-state index in [1.165, 1.54) is 0 Å². The number of carbonyl (C=O) groups is 1. The maximum absolute atomic E-state index is 10.6. The van der Waals surface area contributed by atoms with Crippen LogP contribution < -0.4 is 5.32 Å². The van der Waals surface area contributed by atoms with Crippen molar-refractivity contribution in [2.24, 2.45) is 5.41 Å². The molecule has 1 atom stereocenters. The Balaban J connectivity index is 2.55. The summed E-state index contributed by atoms with van der Waals surface area (Å²) in [6.07, 6.45) is 2.84. The Labute approximate surface area is 104 Å². The molecule has 0 aromatic carbocycles. The monoisotopic (exact) mass is 240 g/mol. The number of nitrogens with one attached hydrogen (secondary N) is 1. The third kappa shape index (κ3) is 5.33. The van der Waals surface area contributed by atoms with Crippen molar-refractivity contribution in [3.8, 4) is 0 Å². The summed E-state index contributed by atoms with van der Waals surface area (Å²) < 4.78 is 0. The summed E-state index contributed by atoms with van der Waals surface area (Å²) in [5.41, 5.74) is 0.223. The van der Waals surface area contributed by atoms with Crippen LogP contribution in [0.4, 0.5) is 0 Å². The van der Waals surface area contributed by atoms with Gasteiger partial charge in [0.15, 0.2) is 0 Å². The van der Waals surface area contributed by atoms with Crippen molar-refractivity contribution in [2.45, 2.75) is 32.7 Å². The van der Waals surface area contributed by atoms with Gasteiger partial charge in [-0.2, -0.15) is 0 Å². The number of nitrogens with zero attached hydrogens (tertiary/aromatic N) is 1. The summed E-state index contributed by atoms with van der Waals surface area (Å²) >= 11 is 0. The zero-order valence-corrected chi connectivity index (χ0v) is 10.9. The van der Waals surface area contributed by atoms with E-state index in [9.17, 15) is 4.79 Å². The molecule has 1 fully saturated rings. The molecule has 0 aromatic rings. The summed E-state index contributed by atoms with van der Waals surface area (Å²) in [5.74, 6) is -0.717. The maximum Gasteiger partial charge on any atom is 0.303 e. The quantitative estimate of drug-likeness (QED) is 0.712. The zero-order chi connectivity index (χ0) is 12.9. The largest absolute Gasteiger partial charge is 0.481 e. The van der Waals surface area contributed by atoms with Crippen LogP contribution in [0.3, 0.4) is 0 Å². The van der Waals surface area contributed by atoms with Crippen molar-refractivity contribution in [3.05, 3.63) is 12.7 Å². The third-order valence-electron chi connectivity index (χ3n) is 3.09. The lowest BCUT2D eigenvalue weighted by Gasteiger charge is -2.28. The molecule has 1 heterocycles. The Morgan fingerprint density at radius 3 is 2.94 bits per heavy atom. The first-order valence-electron chi connectivity index (χ1n) is 6.21. The fraction of sp³-hybridized carbons (Fsp3) is 0.769. The van der Waals surface area contributed by atoms with Crippen LogP contribution in [0.5, 0.6) is 0 Å². The van der Waals surface area contributed by atoms with E-state index in [1.807, 2.05) is 6.08 Å². The number of carboxylic acid groups (broad SMARTS) is 1. The van der Waals surface area contributed by atoms with Gasteiger partial charge in [-0.1, -0.05) is 19.9 Å². The van der Waals surface area contributed by atoms with Crippen molar-refractivity contribution < 1.29 is 9.90 Å². The molecule has 0 amide bonds. The molecule has 0 radical (unpaired) electrons. The highest BCUT2D eigenvalue weighted by atomic mass is 16.4. The molecule has 1 saturated heterocycles. The molecule has 0 spiro atoms. The molecule has 98 valence electrons. The van der Waals surface area contributed by atoms with Crippen LogP contribution in [0, 0.1) is 5.41 Å². The second-order valence-corrected chi connectivity index (χ2v) is 5.66. The molecule has 0 aromatic heterocycles. The van der Waals surface area contributed by atoms with Crippen molar-refractivity contribution in [1.82, 2.24) is 10.2 Å². The van der Waals surface area contributed by atoms with Crippen LogP contribution >= 0.6 is 0 Å². The van der Waals surface area contributed by atoms with Gasteiger partial charge < -0.3 is 10.4 Å². The minimum atomic E-state index is -0.717. The normalized spacial score (nSPS) is 25.2. The van der Waals surface area contributed by atoms with E-state index in [0.717, 1.165) is 26.2 Å². The van der Waals surface area contributed by atoms with Crippen LogP contribution in [0.1, 0.15) is 26.7 Å². The second-order valence-electron chi connectivity index (χ2n) is 5.66. The maximum atomic E-state index is 10.6. The van der Waals surface area contributed by atoms with E-state index < -0.39 is 5.97 Å². The molecule has 0 bridgehead atoms. The predicted molar refractivity (Wildman–Crippen MR) is 69.1 cm³/mol. The van der Waals surface area contributed by atoms with E-state index in [4.69, 9.17) is 5.11 Å². The average molecular weight is 240 g/mol. The minimum absolute atomic E-state index is 0.223. The van der Waals surface area contributed by atoms with Crippen molar-refractivity contribution in [2.75, 3.05) is 26.2 Å². The SMILES string of the molecule is C=CCN1CC(CCC(=O)O)NCC(C)(C)C1. The highest BCUT2D eigenvalue weighted by molar-refractivity contribution is 5.66. The third-order valence-corrected chi connectivity index (χ3v) is 3.09. The highest BCUT2D eigenvalue weighted by Gasteiger charge is 2.28. The fourth-order valence-electron chi connectivity index (χ4n) is 2.34. The molecular weight excluding hydrogens is 216 g/mol. The van der Waals surface area contributed by atoms with Gasteiger partial charge in [-0.05, 0) is 11.8 Å². The molecule has 1 aliphatic rings. The number of hydrogen-bond donors (Lipinski definition) is 2. The molecule has 1 unspecified atom stereocenters. The molecule has 17 heavy (non-hydrogen) atoms. The lowest BCUT2D eigenvalue weighted by molar-refractivity contribution is -0.137. The van der Waals surface area contributed by atoms with E-state index in [2.05, 4.69) is 30.6 Å². The standard InChI is InChI=1S/C13H24N2O2/c1-4-7-15-8-11(5-6-12(16)17)14-9-13(2,3)10-15/h4,11,14H,1,5-10H2,2-3H3,(H,16,17). The molecule has 4 nitrogen and oxygen atoms in total. The highest BCUT2D eigenvalue weighted by Crippen LogP contribution is 2.20. The van der Waals surface area contributed by atoms with E-state index >= 15 is 0 Å². The van der Waals surface area contributed by atoms with Gasteiger partial charge >= 0.3 is 5.97 Å². The lowest BCUT2D eigenvalue weighted by atomic mass is 9.93. The summed E-state index contributed by atoms with van der Waals surface area (Å²) in [6.45, 7) is 12.0. The first-order valence-corrected chi connectivity index (χ1v) is 6.21. The summed E-state index contributed by atoms with van der Waals surface area (Å²) in [4.78, 5) is 13.0. The predicted octanol–water partition coefficient (Wildman–Crippen LogP) is 1.34. The van der Waals surface area contributed by atoms with Crippen molar-refractivity contribution >= 4 is 5.97 Å². The van der Waals surface area contributed by atoms with Crippen LogP contribution in [0.15, 0.2) is 12.7 Å². The average Bonchev–Trinajstić information content (AvgIpc) is 2.34. The van der Waals surface area contributed by atoms with Gasteiger partial charge in [0.2, 0.25) is 0 Å². The zero-order valence-electron chi connectivity index (χ0n) is 10.9. The Morgan fingerprint density at radius 2 is 2.35 bits per heavy atom. The lowest BCUT2D eigenvalue weighted by Crippen LogP contribution is -2.38. The molecule has 1 aliphatic heterocycles. The number of rotatable bonds is 5. The summed E-state index contributed by atoms with van der Waals surface area (Å²) in [5, 5.41) is 12.2. The number of hydrogen-bond acceptors (Lipinski definition) is 3. The van der Waals surface area contributed by atoms with E-state index in [1.54, 1.807) is 0 Å². The molecule has 0 saturated carbocycles. The van der Waals surface area contributed by atoms with Gasteiger partial charge in [0.1, 0.15) is 0 Å². The van der Waals surface area contributed by atoms with Crippen LogP contribution in [0.2, 0.25) is 0 Å². The summed E-state index contributed by atoms with van der Waals surface area (Å²) in [7, 11) is 0. The van der Waals surface area contributed by atoms with Crippen LogP contribution in [-0.2, 0) is 4.79 Å². The van der Waals surface area contributed by atoms with Gasteiger partial charge in [-0.25, -0.2) is 0 Å². The smallest absolute Gasteiger partial charge is 0.303 e. The fourth-order valence-corrected chi connectivity index (χ4v) is 2.34. The van der Waals surface area contributed by atoms with Gasteiger partial charge in [0.05, 0.1) is 0 Å². The van der Waals surface area contributed by atoms with Crippen LogP contribution in [0.25, 0.3) is 0 Å². The van der Waals surface area contributed by atoms with Crippen molar-refractivity contribution in [3.63, 3.8) is 0 Å². The molecule has 0 aliphatic carbocycles. The van der Waals surface area contributed by atoms with Gasteiger partial charge in [0, 0.05) is 38.6 Å². The Hall–Kier alpha value is -0.870. The minimum Gasteiger partial charge on any atom is -0.481 e. The van der Waals surface area contributed by atoms with Gasteiger partial charge in [0.25, 0.3) is 0 Å². The molecule has 2 N–H and O–H groups in total. The number of aliphatic carboxylic acids is 1. The second kappa shape index (κ2) is 6.17. The Bertz CT molecular complexity index is 277. The Morgan fingerprint density at radius 1 is 1.65 bits per heavy atom. The van der Waals surface area contributed by atoms with E-state index in [0.29, 0.717) is 6.42 Å². The van der Waals surface area contributed by atoms with Gasteiger partial charge in [-0.15, -0.1) is 6.58 Å². The first kappa shape index (κ1) is 14.2. The Kier molecular flexibility index (Phi) is 5.15. The first-order chi connectivity index (χ1) is 7.93.